The number of nitrogens with zero attached hydrogens (tertiary/aromatic N) is 4. The normalized spacial score (nSPS) is 14.2. The average Bonchev–Trinajstić information content (AvgIpc) is 3.16. The number of carbonyl (C=O) groups is 1. The van der Waals surface area contributed by atoms with Crippen molar-refractivity contribution >= 4 is 38.4 Å². The Bertz CT molecular complexity index is 1100. The van der Waals surface area contributed by atoms with Gasteiger partial charge in [-0.25, -0.2) is 4.98 Å². The van der Waals surface area contributed by atoms with Crippen LogP contribution in [-0.2, 0) is 16.1 Å². The van der Waals surface area contributed by atoms with Crippen LogP contribution in [0.15, 0.2) is 29.3 Å². The van der Waals surface area contributed by atoms with E-state index in [-0.39, 0.29) is 18.0 Å². The molecule has 0 saturated carbocycles. The van der Waals surface area contributed by atoms with Crippen LogP contribution in [0.4, 0.5) is 10.8 Å². The summed E-state index contributed by atoms with van der Waals surface area (Å²) in [5.41, 5.74) is 1.67. The molecule has 1 N–H and O–H groups in total. The van der Waals surface area contributed by atoms with Gasteiger partial charge in [-0.3, -0.25) is 14.2 Å². The van der Waals surface area contributed by atoms with Crippen molar-refractivity contribution < 1.29 is 14.3 Å². The number of methoxy groups -OCH3 is 1. The van der Waals surface area contributed by atoms with Crippen molar-refractivity contribution in [2.24, 2.45) is 0 Å². The summed E-state index contributed by atoms with van der Waals surface area (Å²) in [6.45, 7) is 4.51. The lowest BCUT2D eigenvalue weighted by molar-refractivity contribution is -0.116. The second-order valence-electron chi connectivity index (χ2n) is 6.68. The molecule has 1 fully saturated rings. The van der Waals surface area contributed by atoms with E-state index in [1.54, 1.807) is 13.2 Å². The number of aryl methyl sites for hydroxylation is 1. The molecule has 152 valence electrons. The fourth-order valence-electron chi connectivity index (χ4n) is 3.10. The molecule has 1 saturated heterocycles. The molecule has 1 aromatic carbocycles. The monoisotopic (exact) mass is 415 g/mol. The van der Waals surface area contributed by atoms with Gasteiger partial charge in [0.05, 0.1) is 26.0 Å². The van der Waals surface area contributed by atoms with Gasteiger partial charge in [0.2, 0.25) is 5.91 Å². The highest BCUT2D eigenvalue weighted by atomic mass is 32.1. The zero-order valence-corrected chi connectivity index (χ0v) is 17.0. The van der Waals surface area contributed by atoms with Crippen LogP contribution in [-0.4, -0.2) is 53.9 Å². The molecule has 0 spiro atoms. The number of morpholine rings is 1. The standard InChI is InChI=1S/C19H21N5O4S/c1-12-3-4-14(27-2)13(9-12)21-15(25)10-24-11-20-17-16(18(24)26)29-19(22-17)23-5-7-28-8-6-23/h3-4,9,11H,5-8,10H2,1-2H3,(H,21,25). The molecule has 3 heterocycles. The molecule has 0 atom stereocenters. The maximum atomic E-state index is 12.8. The minimum atomic E-state index is -0.338. The largest absolute Gasteiger partial charge is 0.495 e. The Hall–Kier alpha value is -2.98. The van der Waals surface area contributed by atoms with Crippen LogP contribution in [0, 0.1) is 6.92 Å². The number of ether oxygens (including phenoxy) is 2. The van der Waals surface area contributed by atoms with Crippen molar-refractivity contribution in [2.45, 2.75) is 13.5 Å². The third-order valence-electron chi connectivity index (χ3n) is 4.60. The van der Waals surface area contributed by atoms with Crippen molar-refractivity contribution in [1.82, 2.24) is 14.5 Å². The SMILES string of the molecule is COc1ccc(C)cc1NC(=O)Cn1cnc2nc(N3CCOCC3)sc2c1=O. The molecule has 10 heteroatoms. The zero-order chi connectivity index (χ0) is 20.4. The molecule has 3 aromatic rings. The molecule has 1 amide bonds. The molecule has 1 aliphatic rings. The first-order valence-electron chi connectivity index (χ1n) is 9.18. The Morgan fingerprint density at radius 2 is 2.14 bits per heavy atom. The van der Waals surface area contributed by atoms with Crippen LogP contribution >= 0.6 is 11.3 Å². The van der Waals surface area contributed by atoms with E-state index in [1.807, 2.05) is 19.1 Å². The number of benzene rings is 1. The number of thiazole rings is 1. The predicted molar refractivity (Wildman–Crippen MR) is 111 cm³/mol. The summed E-state index contributed by atoms with van der Waals surface area (Å²) < 4.78 is 12.4. The van der Waals surface area contributed by atoms with Crippen LogP contribution in [0.5, 0.6) is 5.75 Å². The Kier molecular flexibility index (Phi) is 5.45. The number of rotatable bonds is 5. The Morgan fingerprint density at radius 1 is 1.34 bits per heavy atom. The zero-order valence-electron chi connectivity index (χ0n) is 16.2. The van der Waals surface area contributed by atoms with Gasteiger partial charge in [0.1, 0.15) is 23.3 Å². The highest BCUT2D eigenvalue weighted by Crippen LogP contribution is 2.26. The van der Waals surface area contributed by atoms with E-state index in [0.29, 0.717) is 35.0 Å². The summed E-state index contributed by atoms with van der Waals surface area (Å²) in [4.78, 5) is 36.2. The summed E-state index contributed by atoms with van der Waals surface area (Å²) in [5, 5.41) is 3.55. The lowest BCUT2D eigenvalue weighted by Gasteiger charge is -2.25. The smallest absolute Gasteiger partial charge is 0.273 e. The quantitative estimate of drug-likeness (QED) is 0.676. The van der Waals surface area contributed by atoms with Crippen molar-refractivity contribution in [3.63, 3.8) is 0 Å². The van der Waals surface area contributed by atoms with Crippen LogP contribution in [0.3, 0.4) is 0 Å². The molecule has 9 nitrogen and oxygen atoms in total. The highest BCUT2D eigenvalue weighted by molar-refractivity contribution is 7.22. The van der Waals surface area contributed by atoms with Crippen molar-refractivity contribution in [2.75, 3.05) is 43.6 Å². The van der Waals surface area contributed by atoms with Crippen LogP contribution in [0.2, 0.25) is 0 Å². The Balaban J connectivity index is 1.55. The number of hydrogen-bond acceptors (Lipinski definition) is 8. The number of aromatic nitrogens is 3. The van der Waals surface area contributed by atoms with Crippen LogP contribution in [0.1, 0.15) is 5.56 Å². The predicted octanol–water partition coefficient (Wildman–Crippen LogP) is 1.65. The molecule has 4 rings (SSSR count). The molecule has 0 radical (unpaired) electrons. The first-order chi connectivity index (χ1) is 14.0. The molecule has 0 unspecified atom stereocenters. The fraction of sp³-hybridized carbons (Fsp3) is 0.368. The van der Waals surface area contributed by atoms with Crippen molar-refractivity contribution in [3.8, 4) is 5.75 Å². The number of anilines is 2. The molecular weight excluding hydrogens is 394 g/mol. The first kappa shape index (κ1) is 19.3. The van der Waals surface area contributed by atoms with E-state index in [4.69, 9.17) is 9.47 Å². The number of nitrogens with one attached hydrogen (secondary N) is 1. The van der Waals surface area contributed by atoms with Gasteiger partial charge < -0.3 is 19.7 Å². The van der Waals surface area contributed by atoms with E-state index in [2.05, 4.69) is 20.2 Å². The molecule has 1 aliphatic heterocycles. The maximum Gasteiger partial charge on any atom is 0.273 e. The topological polar surface area (TPSA) is 98.6 Å². The van der Waals surface area contributed by atoms with Gasteiger partial charge in [-0.15, -0.1) is 0 Å². The average molecular weight is 415 g/mol. The number of fused-ring (bicyclic) bond motifs is 1. The van der Waals surface area contributed by atoms with Gasteiger partial charge in [0.25, 0.3) is 5.56 Å². The number of amides is 1. The van der Waals surface area contributed by atoms with Crippen molar-refractivity contribution in [1.29, 1.82) is 0 Å². The van der Waals surface area contributed by atoms with E-state index < -0.39 is 0 Å². The van der Waals surface area contributed by atoms with Gasteiger partial charge >= 0.3 is 0 Å². The highest BCUT2D eigenvalue weighted by Gasteiger charge is 2.19. The number of carbonyl (C=O) groups excluding carboxylic acids is 1. The van der Waals surface area contributed by atoms with Gasteiger partial charge in [-0.2, -0.15) is 4.98 Å². The molecule has 29 heavy (non-hydrogen) atoms. The first-order valence-corrected chi connectivity index (χ1v) is 10.00. The minimum Gasteiger partial charge on any atom is -0.495 e. The van der Waals surface area contributed by atoms with E-state index >= 15 is 0 Å². The van der Waals surface area contributed by atoms with Gasteiger partial charge in [0.15, 0.2) is 10.8 Å². The van der Waals surface area contributed by atoms with Gasteiger partial charge in [-0.1, -0.05) is 17.4 Å². The third kappa shape index (κ3) is 4.08. The van der Waals surface area contributed by atoms with Gasteiger partial charge in [-0.05, 0) is 24.6 Å². The summed E-state index contributed by atoms with van der Waals surface area (Å²) in [6.07, 6.45) is 1.36. The fourth-order valence-corrected chi connectivity index (χ4v) is 4.12. The number of hydrogen-bond donors (Lipinski definition) is 1. The Labute approximate surface area is 170 Å². The summed E-state index contributed by atoms with van der Waals surface area (Å²) in [6, 6.07) is 5.50. The van der Waals surface area contributed by atoms with E-state index in [9.17, 15) is 9.59 Å². The van der Waals surface area contributed by atoms with Crippen LogP contribution < -0.4 is 20.5 Å². The molecule has 0 aliphatic carbocycles. The maximum absolute atomic E-state index is 12.8. The molecule has 0 bridgehead atoms. The second kappa shape index (κ2) is 8.18. The summed E-state index contributed by atoms with van der Waals surface area (Å²) in [7, 11) is 1.54. The van der Waals surface area contributed by atoms with E-state index in [0.717, 1.165) is 23.8 Å². The van der Waals surface area contributed by atoms with E-state index in [1.165, 1.54) is 22.2 Å². The minimum absolute atomic E-state index is 0.149. The Morgan fingerprint density at radius 3 is 2.90 bits per heavy atom. The summed E-state index contributed by atoms with van der Waals surface area (Å²) in [5.74, 6) is 0.220. The molecular formula is C19H21N5O4S. The van der Waals surface area contributed by atoms with Crippen LogP contribution in [0.25, 0.3) is 10.3 Å². The third-order valence-corrected chi connectivity index (χ3v) is 5.69. The van der Waals surface area contributed by atoms with Crippen molar-refractivity contribution in [3.05, 3.63) is 40.4 Å². The summed E-state index contributed by atoms with van der Waals surface area (Å²) >= 11 is 1.30. The molecule has 2 aromatic heterocycles. The lowest BCUT2D eigenvalue weighted by Crippen LogP contribution is -2.36. The van der Waals surface area contributed by atoms with Gasteiger partial charge in [0, 0.05) is 13.1 Å². The lowest BCUT2D eigenvalue weighted by atomic mass is 10.2. The second-order valence-corrected chi connectivity index (χ2v) is 7.66.